The van der Waals surface area contributed by atoms with Crippen molar-refractivity contribution in [2.75, 3.05) is 5.32 Å². The number of carbonyl (C=O) groups excluding carboxylic acids is 1. The molecule has 0 unspecified atom stereocenters. The molecule has 0 radical (unpaired) electrons. The van der Waals surface area contributed by atoms with E-state index >= 15 is 0 Å². The average molecular weight is 454 g/mol. The largest absolute Gasteiger partial charge is 0.436 e. The van der Waals surface area contributed by atoms with Crippen molar-refractivity contribution >= 4 is 45.3 Å². The summed E-state index contributed by atoms with van der Waals surface area (Å²) in [7, 11) is 0. The van der Waals surface area contributed by atoms with E-state index in [4.69, 9.17) is 4.42 Å². The monoisotopic (exact) mass is 454 g/mol. The Balaban J connectivity index is 1.64. The molecule has 3 aromatic carbocycles. The van der Waals surface area contributed by atoms with Gasteiger partial charge in [-0.25, -0.2) is 4.98 Å². The first-order valence-corrected chi connectivity index (χ1v) is 9.21. The minimum absolute atomic E-state index is 0.139. The number of aryl methyl sites for hydroxylation is 1. The van der Waals surface area contributed by atoms with Gasteiger partial charge in [0.2, 0.25) is 5.89 Å². The number of oxazole rings is 1. The van der Waals surface area contributed by atoms with E-state index < -0.39 is 0 Å². The van der Waals surface area contributed by atoms with E-state index in [2.05, 4.69) is 32.9 Å². The number of amides is 1. The smallest absolute Gasteiger partial charge is 0.256 e. The zero-order valence-corrected chi connectivity index (χ0v) is 16.2. The molecular weight excluding hydrogens is 439 g/mol. The van der Waals surface area contributed by atoms with Gasteiger partial charge in [-0.1, -0.05) is 24.3 Å². The van der Waals surface area contributed by atoms with Gasteiger partial charge in [-0.2, -0.15) is 0 Å². The van der Waals surface area contributed by atoms with E-state index in [0.29, 0.717) is 17.1 Å². The highest BCUT2D eigenvalue weighted by Gasteiger charge is 2.12. The predicted molar refractivity (Wildman–Crippen MR) is 111 cm³/mol. The molecule has 0 aliphatic rings. The van der Waals surface area contributed by atoms with Crippen molar-refractivity contribution in [2.24, 2.45) is 0 Å². The molecule has 4 rings (SSSR count). The third-order valence-corrected chi connectivity index (χ3v) is 4.97. The number of halogens is 1. The van der Waals surface area contributed by atoms with E-state index in [1.54, 1.807) is 0 Å². The van der Waals surface area contributed by atoms with Crippen molar-refractivity contribution in [3.05, 3.63) is 81.4 Å². The highest BCUT2D eigenvalue weighted by atomic mass is 127. The van der Waals surface area contributed by atoms with Crippen molar-refractivity contribution in [3.8, 4) is 11.5 Å². The summed E-state index contributed by atoms with van der Waals surface area (Å²) in [6.45, 7) is 2.02. The molecule has 4 aromatic rings. The Morgan fingerprint density at radius 3 is 2.73 bits per heavy atom. The van der Waals surface area contributed by atoms with E-state index in [1.165, 1.54) is 0 Å². The van der Waals surface area contributed by atoms with Gasteiger partial charge in [-0.05, 0) is 77.5 Å². The number of anilines is 1. The lowest BCUT2D eigenvalue weighted by Gasteiger charge is -2.07. The highest BCUT2D eigenvalue weighted by molar-refractivity contribution is 14.1. The first kappa shape index (κ1) is 16.8. The second-order valence-corrected chi connectivity index (χ2v) is 7.17. The van der Waals surface area contributed by atoms with Crippen molar-refractivity contribution in [1.29, 1.82) is 0 Å². The van der Waals surface area contributed by atoms with Gasteiger partial charge in [0.15, 0.2) is 5.58 Å². The van der Waals surface area contributed by atoms with Crippen molar-refractivity contribution in [1.82, 2.24) is 4.98 Å². The first-order chi connectivity index (χ1) is 12.6. The molecule has 26 heavy (non-hydrogen) atoms. The molecule has 4 nitrogen and oxygen atoms in total. The molecule has 5 heteroatoms. The molecule has 0 saturated carbocycles. The van der Waals surface area contributed by atoms with Gasteiger partial charge in [0.1, 0.15) is 5.52 Å². The van der Waals surface area contributed by atoms with Crippen LogP contribution in [-0.4, -0.2) is 10.9 Å². The molecule has 0 bridgehead atoms. The molecule has 0 saturated heterocycles. The molecule has 0 aliphatic heterocycles. The summed E-state index contributed by atoms with van der Waals surface area (Å²) in [4.78, 5) is 17.1. The van der Waals surface area contributed by atoms with E-state index in [1.807, 2.05) is 73.7 Å². The van der Waals surface area contributed by atoms with E-state index in [-0.39, 0.29) is 5.91 Å². The van der Waals surface area contributed by atoms with Crippen LogP contribution in [-0.2, 0) is 0 Å². The molecule has 0 aliphatic carbocycles. The molecule has 0 spiro atoms. The summed E-state index contributed by atoms with van der Waals surface area (Å²) >= 11 is 2.16. The Morgan fingerprint density at radius 1 is 1.04 bits per heavy atom. The minimum Gasteiger partial charge on any atom is -0.436 e. The molecule has 1 N–H and O–H groups in total. The number of rotatable bonds is 3. The maximum atomic E-state index is 12.5. The number of aromatic nitrogens is 1. The molecule has 0 fully saturated rings. The summed E-state index contributed by atoms with van der Waals surface area (Å²) in [6, 6.07) is 20.9. The fourth-order valence-electron chi connectivity index (χ4n) is 2.73. The number of nitrogens with zero attached hydrogens (tertiary/aromatic N) is 1. The Kier molecular flexibility index (Phi) is 4.46. The number of fused-ring (bicyclic) bond motifs is 1. The van der Waals surface area contributed by atoms with Crippen LogP contribution in [0.4, 0.5) is 5.69 Å². The van der Waals surface area contributed by atoms with Crippen LogP contribution in [0.1, 0.15) is 15.9 Å². The summed E-state index contributed by atoms with van der Waals surface area (Å²) in [5.41, 5.74) is 4.88. The van der Waals surface area contributed by atoms with Gasteiger partial charge < -0.3 is 9.73 Å². The van der Waals surface area contributed by atoms with Crippen LogP contribution >= 0.6 is 22.6 Å². The van der Waals surface area contributed by atoms with Gasteiger partial charge >= 0.3 is 0 Å². The number of hydrogen-bond acceptors (Lipinski definition) is 3. The quantitative estimate of drug-likeness (QED) is 0.407. The second kappa shape index (κ2) is 6.92. The van der Waals surface area contributed by atoms with Crippen LogP contribution in [0.2, 0.25) is 0 Å². The summed E-state index contributed by atoms with van der Waals surface area (Å²) in [5.74, 6) is 0.399. The zero-order valence-electron chi connectivity index (χ0n) is 14.0. The fraction of sp³-hybridized carbons (Fsp3) is 0.0476. The van der Waals surface area contributed by atoms with Gasteiger partial charge in [0.25, 0.3) is 5.91 Å². The van der Waals surface area contributed by atoms with Gasteiger partial charge in [0.05, 0.1) is 5.56 Å². The zero-order chi connectivity index (χ0) is 18.1. The Labute approximate surface area is 164 Å². The first-order valence-electron chi connectivity index (χ1n) is 8.14. The van der Waals surface area contributed by atoms with Gasteiger partial charge in [-0.3, -0.25) is 4.79 Å². The lowest BCUT2D eigenvalue weighted by molar-refractivity contribution is 0.102. The number of nitrogens with one attached hydrogen (secondary N) is 1. The summed E-state index contributed by atoms with van der Waals surface area (Å²) < 4.78 is 6.76. The molecule has 1 amide bonds. The van der Waals surface area contributed by atoms with Crippen LogP contribution in [0.5, 0.6) is 0 Å². The second-order valence-electron chi connectivity index (χ2n) is 6.00. The number of carbonyl (C=O) groups is 1. The lowest BCUT2D eigenvalue weighted by atomic mass is 10.1. The third-order valence-electron chi connectivity index (χ3n) is 4.03. The maximum Gasteiger partial charge on any atom is 0.256 e. The number of hydrogen-bond donors (Lipinski definition) is 1. The molecule has 1 heterocycles. The standard InChI is InChI=1S/C21H15IN2O2/c1-13-9-10-19-18(11-13)24-21(26-19)14-5-4-6-15(12-14)23-20(25)16-7-2-3-8-17(16)22/h2-12H,1H3,(H,23,25). The Hall–Kier alpha value is -2.67. The normalized spacial score (nSPS) is 10.8. The molecular formula is C21H15IN2O2. The predicted octanol–water partition coefficient (Wildman–Crippen LogP) is 5.66. The third kappa shape index (κ3) is 3.35. The SMILES string of the molecule is Cc1ccc2oc(-c3cccc(NC(=O)c4ccccc4I)c3)nc2c1. The Morgan fingerprint density at radius 2 is 1.88 bits per heavy atom. The fourth-order valence-corrected chi connectivity index (χ4v) is 3.37. The van der Waals surface area contributed by atoms with Crippen molar-refractivity contribution in [3.63, 3.8) is 0 Å². The minimum atomic E-state index is -0.139. The average Bonchev–Trinajstić information content (AvgIpc) is 3.05. The lowest BCUT2D eigenvalue weighted by Crippen LogP contribution is -2.13. The topological polar surface area (TPSA) is 55.1 Å². The van der Waals surface area contributed by atoms with E-state index in [9.17, 15) is 4.79 Å². The van der Waals surface area contributed by atoms with Gasteiger partial charge in [-0.15, -0.1) is 0 Å². The van der Waals surface area contributed by atoms with Crippen molar-refractivity contribution in [2.45, 2.75) is 6.92 Å². The molecule has 0 atom stereocenters. The van der Waals surface area contributed by atoms with Gasteiger partial charge in [0, 0.05) is 14.8 Å². The van der Waals surface area contributed by atoms with Crippen molar-refractivity contribution < 1.29 is 9.21 Å². The van der Waals surface area contributed by atoms with Crippen LogP contribution in [0.25, 0.3) is 22.6 Å². The van der Waals surface area contributed by atoms with Crippen LogP contribution < -0.4 is 5.32 Å². The van der Waals surface area contributed by atoms with Crippen LogP contribution in [0, 0.1) is 10.5 Å². The highest BCUT2D eigenvalue weighted by Crippen LogP contribution is 2.27. The number of benzene rings is 3. The summed E-state index contributed by atoms with van der Waals surface area (Å²) in [6.07, 6.45) is 0. The molecule has 128 valence electrons. The summed E-state index contributed by atoms with van der Waals surface area (Å²) in [5, 5.41) is 2.94. The maximum absolute atomic E-state index is 12.5. The van der Waals surface area contributed by atoms with Crippen LogP contribution in [0.15, 0.2) is 71.1 Å². The van der Waals surface area contributed by atoms with E-state index in [0.717, 1.165) is 25.8 Å². The Bertz CT molecular complexity index is 1120. The molecule has 1 aromatic heterocycles. The van der Waals surface area contributed by atoms with Crippen LogP contribution in [0.3, 0.4) is 0 Å².